The van der Waals surface area contributed by atoms with E-state index in [2.05, 4.69) is 4.98 Å². The van der Waals surface area contributed by atoms with Gasteiger partial charge >= 0.3 is 6.18 Å². The number of benzene rings is 2. The summed E-state index contributed by atoms with van der Waals surface area (Å²) >= 11 is 0. The molecule has 5 nitrogen and oxygen atoms in total. The molecule has 0 spiro atoms. The topological polar surface area (TPSA) is 59.5 Å². The predicted octanol–water partition coefficient (Wildman–Crippen LogP) is 4.77. The number of anilines is 1. The number of hydrogen-bond acceptors (Lipinski definition) is 4. The molecule has 0 fully saturated rings. The van der Waals surface area contributed by atoms with Crippen LogP contribution in [0, 0.1) is 0 Å². The summed E-state index contributed by atoms with van der Waals surface area (Å²) in [5, 5.41) is 0. The van der Waals surface area contributed by atoms with Crippen LogP contribution in [0.15, 0.2) is 79.0 Å². The van der Waals surface area contributed by atoms with Crippen LogP contribution in [0.25, 0.3) is 0 Å². The second-order valence-corrected chi connectivity index (χ2v) is 8.00. The first-order valence-corrected chi connectivity index (χ1v) is 10.1. The highest BCUT2D eigenvalue weighted by atomic mass is 32.2. The minimum Gasteiger partial charge on any atom is -0.457 e. The van der Waals surface area contributed by atoms with Crippen LogP contribution in [-0.2, 0) is 16.6 Å². The summed E-state index contributed by atoms with van der Waals surface area (Å²) < 4.78 is 69.8. The maximum absolute atomic E-state index is 12.8. The van der Waals surface area contributed by atoms with Crippen LogP contribution in [-0.4, -0.2) is 25.3 Å². The third-order valence-electron chi connectivity index (χ3n) is 3.82. The highest BCUT2D eigenvalue weighted by Crippen LogP contribution is 2.29. The van der Waals surface area contributed by atoms with E-state index >= 15 is 0 Å². The zero-order chi connectivity index (χ0) is 20.9. The lowest BCUT2D eigenvalue weighted by Gasteiger charge is -2.25. The fraction of sp³-hybridized carbons (Fsp3) is 0.150. The van der Waals surface area contributed by atoms with Gasteiger partial charge in [0.25, 0.3) is 0 Å². The lowest BCUT2D eigenvalue weighted by Crippen LogP contribution is -2.37. The van der Waals surface area contributed by atoms with Crippen molar-refractivity contribution < 1.29 is 26.3 Å². The molecular weight excluding hydrogens is 405 g/mol. The van der Waals surface area contributed by atoms with Crippen molar-refractivity contribution in [2.75, 3.05) is 10.1 Å². The Hall–Kier alpha value is -3.07. The van der Waals surface area contributed by atoms with Crippen molar-refractivity contribution in [2.24, 2.45) is 0 Å². The van der Waals surface area contributed by atoms with E-state index in [0.29, 0.717) is 21.5 Å². The van der Waals surface area contributed by atoms with Crippen LogP contribution < -0.4 is 9.04 Å². The number of nitrogens with zero attached hydrogens (tertiary/aromatic N) is 2. The van der Waals surface area contributed by atoms with Gasteiger partial charge in [0.05, 0.1) is 17.9 Å². The molecule has 3 rings (SSSR count). The van der Waals surface area contributed by atoms with Crippen molar-refractivity contribution in [3.05, 3.63) is 84.7 Å². The first-order valence-electron chi connectivity index (χ1n) is 8.53. The number of sulfonamides is 1. The van der Waals surface area contributed by atoms with Crippen LogP contribution in [0.3, 0.4) is 0 Å². The molecule has 9 heteroatoms. The molecule has 0 radical (unpaired) electrons. The van der Waals surface area contributed by atoms with Gasteiger partial charge in [-0.25, -0.2) is 8.42 Å². The largest absolute Gasteiger partial charge is 0.457 e. The highest BCUT2D eigenvalue weighted by Gasteiger charge is 2.38. The standard InChI is InChI=1S/C20H17F3N2O3S/c21-20(22,23)15-29(26,27)25(14-16-6-4-5-13-24-16)17-9-11-19(12-10-17)28-18-7-2-1-3-8-18/h1-13H,14-15H2. The molecule has 0 aliphatic carbocycles. The molecule has 0 N–H and O–H groups in total. The highest BCUT2D eigenvalue weighted by molar-refractivity contribution is 7.92. The minimum atomic E-state index is -4.86. The summed E-state index contributed by atoms with van der Waals surface area (Å²) in [6.45, 7) is -0.321. The normalized spacial score (nSPS) is 11.8. The minimum absolute atomic E-state index is 0.0836. The molecule has 1 aromatic heterocycles. The second kappa shape index (κ2) is 8.52. The summed E-state index contributed by atoms with van der Waals surface area (Å²) in [6.07, 6.45) is -3.42. The summed E-state index contributed by atoms with van der Waals surface area (Å²) in [5.41, 5.74) is 0.406. The quantitative estimate of drug-likeness (QED) is 0.550. The Labute approximate surface area is 166 Å². The lowest BCUT2D eigenvalue weighted by atomic mass is 10.3. The summed E-state index contributed by atoms with van der Waals surface area (Å²) in [4.78, 5) is 4.02. The van der Waals surface area contributed by atoms with Gasteiger partial charge in [-0.15, -0.1) is 0 Å². The third-order valence-corrected chi connectivity index (χ3v) is 5.52. The number of rotatable bonds is 7. The summed E-state index contributed by atoms with van der Waals surface area (Å²) in [5.74, 6) is -0.962. The van der Waals surface area contributed by atoms with Crippen molar-refractivity contribution in [3.8, 4) is 11.5 Å². The van der Waals surface area contributed by atoms with Crippen LogP contribution in [0.4, 0.5) is 18.9 Å². The van der Waals surface area contributed by atoms with Crippen LogP contribution in [0.5, 0.6) is 11.5 Å². The van der Waals surface area contributed by atoms with Gasteiger partial charge in [-0.2, -0.15) is 13.2 Å². The van der Waals surface area contributed by atoms with Gasteiger partial charge in [0.1, 0.15) is 11.5 Å². The Kier molecular flexibility index (Phi) is 6.07. The maximum atomic E-state index is 12.8. The molecule has 0 atom stereocenters. The van der Waals surface area contributed by atoms with E-state index in [1.165, 1.54) is 30.5 Å². The fourth-order valence-electron chi connectivity index (χ4n) is 2.58. The number of halogens is 3. The van der Waals surface area contributed by atoms with E-state index in [-0.39, 0.29) is 12.2 Å². The Morgan fingerprint density at radius 2 is 1.48 bits per heavy atom. The second-order valence-electron chi connectivity index (χ2n) is 6.11. The predicted molar refractivity (Wildman–Crippen MR) is 103 cm³/mol. The zero-order valence-corrected chi connectivity index (χ0v) is 15.9. The van der Waals surface area contributed by atoms with Gasteiger partial charge in [-0.05, 0) is 48.5 Å². The molecule has 0 aliphatic rings. The molecule has 0 saturated carbocycles. The van der Waals surface area contributed by atoms with Crippen molar-refractivity contribution in [1.29, 1.82) is 0 Å². The Morgan fingerprint density at radius 3 is 2.07 bits per heavy atom. The van der Waals surface area contributed by atoms with Crippen molar-refractivity contribution in [1.82, 2.24) is 4.98 Å². The van der Waals surface area contributed by atoms with Crippen molar-refractivity contribution >= 4 is 15.7 Å². The molecule has 0 bridgehead atoms. The van der Waals surface area contributed by atoms with Gasteiger partial charge in [-0.3, -0.25) is 9.29 Å². The average molecular weight is 422 g/mol. The summed E-state index contributed by atoms with van der Waals surface area (Å²) in [6, 6.07) is 19.5. The monoisotopic (exact) mass is 422 g/mol. The smallest absolute Gasteiger partial charge is 0.404 e. The van der Waals surface area contributed by atoms with Crippen LogP contribution >= 0.6 is 0 Å². The number of hydrogen-bond donors (Lipinski definition) is 0. The first-order chi connectivity index (χ1) is 13.7. The van der Waals surface area contributed by atoms with Gasteiger partial charge in [0.15, 0.2) is 5.75 Å². The molecule has 0 unspecified atom stereocenters. The molecule has 152 valence electrons. The molecule has 0 aliphatic heterocycles. The van der Waals surface area contributed by atoms with Gasteiger partial charge in [0.2, 0.25) is 10.0 Å². The third kappa shape index (κ3) is 5.95. The first kappa shape index (κ1) is 20.7. The molecule has 2 aromatic carbocycles. The molecular formula is C20H17F3N2O3S. The molecule has 1 heterocycles. The zero-order valence-electron chi connectivity index (χ0n) is 15.1. The Morgan fingerprint density at radius 1 is 0.862 bits per heavy atom. The number of alkyl halides is 3. The van der Waals surface area contributed by atoms with E-state index in [0.717, 1.165) is 0 Å². The van der Waals surface area contributed by atoms with E-state index in [1.54, 1.807) is 42.5 Å². The SMILES string of the molecule is O=S(=O)(CC(F)(F)F)N(Cc1ccccn1)c1ccc(Oc2ccccc2)cc1. The lowest BCUT2D eigenvalue weighted by molar-refractivity contribution is -0.106. The van der Waals surface area contributed by atoms with Crippen molar-refractivity contribution in [2.45, 2.75) is 12.7 Å². The molecule has 3 aromatic rings. The number of aromatic nitrogens is 1. The van der Waals surface area contributed by atoms with Gasteiger partial charge < -0.3 is 4.74 Å². The number of para-hydroxylation sites is 1. The maximum Gasteiger partial charge on any atom is 0.404 e. The van der Waals surface area contributed by atoms with E-state index in [4.69, 9.17) is 4.74 Å². The molecule has 0 amide bonds. The molecule has 0 saturated heterocycles. The van der Waals surface area contributed by atoms with Crippen LogP contribution in [0.1, 0.15) is 5.69 Å². The van der Waals surface area contributed by atoms with Gasteiger partial charge in [-0.1, -0.05) is 24.3 Å². The molecule has 29 heavy (non-hydrogen) atoms. The fourth-order valence-corrected chi connectivity index (χ4v) is 3.92. The van der Waals surface area contributed by atoms with Crippen molar-refractivity contribution in [3.63, 3.8) is 0 Å². The average Bonchev–Trinajstić information content (AvgIpc) is 2.67. The van der Waals surface area contributed by atoms with E-state index in [1.807, 2.05) is 6.07 Å². The Bertz CT molecular complexity index is 1030. The van der Waals surface area contributed by atoms with E-state index in [9.17, 15) is 21.6 Å². The van der Waals surface area contributed by atoms with E-state index < -0.39 is 22.0 Å². The number of pyridine rings is 1. The van der Waals surface area contributed by atoms with Gasteiger partial charge in [0, 0.05) is 6.20 Å². The van der Waals surface area contributed by atoms with Crippen LogP contribution in [0.2, 0.25) is 0 Å². The number of ether oxygens (including phenoxy) is 1. The summed E-state index contributed by atoms with van der Waals surface area (Å²) in [7, 11) is -4.68. The Balaban J connectivity index is 1.89.